The number of thiophene rings is 1. The highest BCUT2D eigenvalue weighted by molar-refractivity contribution is 7.17. The number of anilines is 1. The van der Waals surface area contributed by atoms with E-state index in [9.17, 15) is 4.79 Å². The van der Waals surface area contributed by atoms with Gasteiger partial charge in [0.25, 0.3) is 5.91 Å². The average molecular weight is 281 g/mol. The van der Waals surface area contributed by atoms with Crippen molar-refractivity contribution in [3.8, 4) is 0 Å². The monoisotopic (exact) mass is 281 g/mol. The number of amides is 1. The Hall–Kier alpha value is -2.13. The van der Waals surface area contributed by atoms with Crippen molar-refractivity contribution in [2.45, 2.75) is 13.8 Å². The van der Waals surface area contributed by atoms with E-state index in [0.29, 0.717) is 0 Å². The molecular formula is C17H15NOS. The van der Waals surface area contributed by atoms with Gasteiger partial charge in [-0.15, -0.1) is 11.3 Å². The first-order chi connectivity index (χ1) is 9.65. The second-order valence-electron chi connectivity index (χ2n) is 4.90. The summed E-state index contributed by atoms with van der Waals surface area (Å²) in [5.74, 6) is -0.0503. The predicted octanol–water partition coefficient (Wildman–Crippen LogP) is 4.77. The zero-order valence-electron chi connectivity index (χ0n) is 11.4. The second kappa shape index (κ2) is 5.10. The number of hydrogen-bond acceptors (Lipinski definition) is 2. The molecule has 3 aromatic rings. The molecule has 0 fully saturated rings. The lowest BCUT2D eigenvalue weighted by atomic mass is 10.1. The van der Waals surface area contributed by atoms with Crippen molar-refractivity contribution in [2.24, 2.45) is 0 Å². The molecule has 20 heavy (non-hydrogen) atoms. The van der Waals surface area contributed by atoms with Crippen molar-refractivity contribution in [1.82, 2.24) is 0 Å². The van der Waals surface area contributed by atoms with Crippen LogP contribution in [0.4, 0.5) is 5.69 Å². The van der Waals surface area contributed by atoms with E-state index in [1.165, 1.54) is 11.1 Å². The molecule has 1 amide bonds. The number of carbonyl (C=O) groups is 1. The SMILES string of the molecule is Cc1ccc(NC(=O)c2csc3ccccc23)cc1C. The van der Waals surface area contributed by atoms with Crippen molar-refractivity contribution < 1.29 is 4.79 Å². The third-order valence-electron chi connectivity index (χ3n) is 3.49. The van der Waals surface area contributed by atoms with Crippen LogP contribution in [0.1, 0.15) is 21.5 Å². The molecule has 0 atom stereocenters. The van der Waals surface area contributed by atoms with E-state index < -0.39 is 0 Å². The van der Waals surface area contributed by atoms with E-state index in [0.717, 1.165) is 21.3 Å². The fourth-order valence-corrected chi connectivity index (χ4v) is 3.11. The van der Waals surface area contributed by atoms with Crippen LogP contribution in [-0.2, 0) is 0 Å². The van der Waals surface area contributed by atoms with Gasteiger partial charge in [-0.1, -0.05) is 24.3 Å². The molecule has 0 unspecified atom stereocenters. The van der Waals surface area contributed by atoms with Crippen LogP contribution < -0.4 is 5.32 Å². The van der Waals surface area contributed by atoms with Gasteiger partial charge in [-0.2, -0.15) is 0 Å². The number of fused-ring (bicyclic) bond motifs is 1. The highest BCUT2D eigenvalue weighted by atomic mass is 32.1. The van der Waals surface area contributed by atoms with Gasteiger partial charge in [-0.05, 0) is 43.2 Å². The maximum Gasteiger partial charge on any atom is 0.257 e. The predicted molar refractivity (Wildman–Crippen MR) is 85.7 cm³/mol. The summed E-state index contributed by atoms with van der Waals surface area (Å²) >= 11 is 1.60. The number of aryl methyl sites for hydroxylation is 2. The van der Waals surface area contributed by atoms with Gasteiger partial charge >= 0.3 is 0 Å². The summed E-state index contributed by atoms with van der Waals surface area (Å²) in [6.45, 7) is 4.11. The van der Waals surface area contributed by atoms with E-state index in [1.54, 1.807) is 11.3 Å². The number of nitrogens with one attached hydrogen (secondary N) is 1. The third kappa shape index (κ3) is 2.32. The van der Waals surface area contributed by atoms with Crippen LogP contribution in [0.5, 0.6) is 0 Å². The molecule has 2 aromatic carbocycles. The van der Waals surface area contributed by atoms with Crippen molar-refractivity contribution in [2.75, 3.05) is 5.32 Å². The Morgan fingerprint density at radius 1 is 1.05 bits per heavy atom. The molecule has 0 bridgehead atoms. The zero-order valence-corrected chi connectivity index (χ0v) is 12.3. The highest BCUT2D eigenvalue weighted by Gasteiger charge is 2.12. The molecule has 0 aliphatic carbocycles. The number of rotatable bonds is 2. The van der Waals surface area contributed by atoms with E-state index >= 15 is 0 Å². The first kappa shape index (κ1) is 12.9. The number of hydrogen-bond donors (Lipinski definition) is 1. The fourth-order valence-electron chi connectivity index (χ4n) is 2.17. The Kier molecular flexibility index (Phi) is 3.28. The van der Waals surface area contributed by atoms with E-state index in [4.69, 9.17) is 0 Å². The molecule has 100 valence electrons. The molecule has 0 aliphatic rings. The maximum atomic E-state index is 12.4. The van der Waals surface area contributed by atoms with Gasteiger partial charge in [0, 0.05) is 21.2 Å². The lowest BCUT2D eigenvalue weighted by Gasteiger charge is -2.07. The topological polar surface area (TPSA) is 29.1 Å². The quantitative estimate of drug-likeness (QED) is 0.720. The van der Waals surface area contributed by atoms with Gasteiger partial charge in [0.15, 0.2) is 0 Å². The molecule has 1 heterocycles. The molecule has 1 aromatic heterocycles. The molecule has 2 nitrogen and oxygen atoms in total. The van der Waals surface area contributed by atoms with Crippen LogP contribution >= 0.6 is 11.3 Å². The highest BCUT2D eigenvalue weighted by Crippen LogP contribution is 2.26. The minimum absolute atomic E-state index is 0.0503. The smallest absolute Gasteiger partial charge is 0.257 e. The Bertz CT molecular complexity index is 789. The van der Waals surface area contributed by atoms with Gasteiger partial charge in [0.1, 0.15) is 0 Å². The van der Waals surface area contributed by atoms with Crippen molar-refractivity contribution in [1.29, 1.82) is 0 Å². The first-order valence-electron chi connectivity index (χ1n) is 6.50. The molecule has 0 radical (unpaired) electrons. The lowest BCUT2D eigenvalue weighted by molar-refractivity contribution is 0.102. The van der Waals surface area contributed by atoms with Crippen LogP contribution in [0.25, 0.3) is 10.1 Å². The molecule has 0 saturated heterocycles. The van der Waals surface area contributed by atoms with Crippen LogP contribution in [0.3, 0.4) is 0 Å². The Balaban J connectivity index is 1.91. The summed E-state index contributed by atoms with van der Waals surface area (Å²) in [6, 6.07) is 13.9. The summed E-state index contributed by atoms with van der Waals surface area (Å²) in [5.41, 5.74) is 3.99. The molecule has 0 aliphatic heterocycles. The molecular weight excluding hydrogens is 266 g/mol. The fraction of sp³-hybridized carbons (Fsp3) is 0.118. The normalized spacial score (nSPS) is 10.7. The van der Waals surface area contributed by atoms with E-state index in [2.05, 4.69) is 12.2 Å². The van der Waals surface area contributed by atoms with Crippen molar-refractivity contribution >= 4 is 33.0 Å². The van der Waals surface area contributed by atoms with Crippen molar-refractivity contribution in [3.63, 3.8) is 0 Å². The maximum absolute atomic E-state index is 12.4. The first-order valence-corrected chi connectivity index (χ1v) is 7.38. The van der Waals surface area contributed by atoms with Crippen molar-refractivity contribution in [3.05, 3.63) is 64.5 Å². The lowest BCUT2D eigenvalue weighted by Crippen LogP contribution is -2.11. The van der Waals surface area contributed by atoms with Gasteiger partial charge in [-0.25, -0.2) is 0 Å². The summed E-state index contributed by atoms with van der Waals surface area (Å²) in [5, 5.41) is 5.90. The summed E-state index contributed by atoms with van der Waals surface area (Å²) in [6.07, 6.45) is 0. The Morgan fingerprint density at radius 3 is 2.65 bits per heavy atom. The van der Waals surface area contributed by atoms with Crippen LogP contribution in [-0.4, -0.2) is 5.91 Å². The molecule has 3 heteroatoms. The summed E-state index contributed by atoms with van der Waals surface area (Å²) in [4.78, 5) is 12.4. The van der Waals surface area contributed by atoms with Gasteiger partial charge in [0.2, 0.25) is 0 Å². The minimum Gasteiger partial charge on any atom is -0.322 e. The minimum atomic E-state index is -0.0503. The van der Waals surface area contributed by atoms with E-state index in [1.807, 2.05) is 54.8 Å². The average Bonchev–Trinajstić information content (AvgIpc) is 2.87. The Morgan fingerprint density at radius 2 is 1.85 bits per heavy atom. The van der Waals surface area contributed by atoms with Crippen LogP contribution in [0.2, 0.25) is 0 Å². The van der Waals surface area contributed by atoms with Gasteiger partial charge in [0.05, 0.1) is 5.56 Å². The standard InChI is InChI=1S/C17H15NOS/c1-11-7-8-13(9-12(11)2)18-17(19)15-10-20-16-6-4-3-5-14(15)16/h3-10H,1-2H3,(H,18,19). The molecule has 0 saturated carbocycles. The second-order valence-corrected chi connectivity index (χ2v) is 5.81. The summed E-state index contributed by atoms with van der Waals surface area (Å²) in [7, 11) is 0. The van der Waals surface area contributed by atoms with Gasteiger partial charge < -0.3 is 5.32 Å². The molecule has 0 spiro atoms. The third-order valence-corrected chi connectivity index (χ3v) is 4.45. The van der Waals surface area contributed by atoms with Crippen LogP contribution in [0, 0.1) is 13.8 Å². The largest absolute Gasteiger partial charge is 0.322 e. The van der Waals surface area contributed by atoms with E-state index in [-0.39, 0.29) is 5.91 Å². The zero-order chi connectivity index (χ0) is 14.1. The number of carbonyl (C=O) groups excluding carboxylic acids is 1. The molecule has 1 N–H and O–H groups in total. The van der Waals surface area contributed by atoms with Gasteiger partial charge in [-0.3, -0.25) is 4.79 Å². The summed E-state index contributed by atoms with van der Waals surface area (Å²) < 4.78 is 1.14. The number of benzene rings is 2. The van der Waals surface area contributed by atoms with Crippen LogP contribution in [0.15, 0.2) is 47.8 Å². The molecule has 3 rings (SSSR count). The Labute approximate surface area is 122 Å².